The first-order valence-electron chi connectivity index (χ1n) is 7.63. The van der Waals surface area contributed by atoms with Gasteiger partial charge in [0.1, 0.15) is 11.9 Å². The Labute approximate surface area is 148 Å². The number of nitrogens with zero attached hydrogens (tertiary/aromatic N) is 5. The number of rotatable bonds is 7. The first-order valence-corrected chi connectivity index (χ1v) is 8.44. The Kier molecular flexibility index (Phi) is 6.12. The lowest BCUT2D eigenvalue weighted by Gasteiger charge is -2.22. The monoisotopic (exact) mass is 362 g/mol. The van der Waals surface area contributed by atoms with Crippen molar-refractivity contribution in [3.8, 4) is 0 Å². The average Bonchev–Trinajstić information content (AvgIpc) is 3.04. The van der Waals surface area contributed by atoms with Crippen LogP contribution in [0.4, 0.5) is 27.2 Å². The third kappa shape index (κ3) is 4.80. The zero-order valence-corrected chi connectivity index (χ0v) is 14.9. The fraction of sp³-hybridized carbons (Fsp3) is 0.333. The van der Waals surface area contributed by atoms with Gasteiger partial charge < -0.3 is 10.2 Å². The van der Waals surface area contributed by atoms with E-state index >= 15 is 0 Å². The van der Waals surface area contributed by atoms with Crippen molar-refractivity contribution in [2.45, 2.75) is 20.8 Å². The number of aromatic nitrogens is 1. The SMILES string of the molecule is CCN(CC)c1ccc(N=Nc2ncc([N+](=O)[O-])s2)c(NC(C)=O)c1. The van der Waals surface area contributed by atoms with Crippen LogP contribution >= 0.6 is 11.3 Å². The van der Waals surface area contributed by atoms with Crippen molar-refractivity contribution in [1.29, 1.82) is 0 Å². The van der Waals surface area contributed by atoms with Gasteiger partial charge in [-0.1, -0.05) is 0 Å². The van der Waals surface area contributed by atoms with E-state index < -0.39 is 4.92 Å². The van der Waals surface area contributed by atoms with Crippen molar-refractivity contribution in [3.63, 3.8) is 0 Å². The summed E-state index contributed by atoms with van der Waals surface area (Å²) in [5, 5.41) is 21.5. The van der Waals surface area contributed by atoms with Crippen LogP contribution in [0.2, 0.25) is 0 Å². The summed E-state index contributed by atoms with van der Waals surface area (Å²) >= 11 is 0.829. The van der Waals surface area contributed by atoms with Crippen molar-refractivity contribution < 1.29 is 9.72 Å². The van der Waals surface area contributed by atoms with E-state index in [1.54, 1.807) is 6.07 Å². The second kappa shape index (κ2) is 8.29. The molecular weight excluding hydrogens is 344 g/mol. The third-order valence-electron chi connectivity index (χ3n) is 3.32. The fourth-order valence-electron chi connectivity index (χ4n) is 2.17. The maximum atomic E-state index is 11.5. The second-order valence-corrected chi connectivity index (χ2v) is 5.98. The van der Waals surface area contributed by atoms with E-state index in [2.05, 4.69) is 25.4 Å². The predicted octanol–water partition coefficient (Wildman–Crippen LogP) is 4.27. The van der Waals surface area contributed by atoms with Crippen LogP contribution in [0.3, 0.4) is 0 Å². The van der Waals surface area contributed by atoms with Crippen molar-refractivity contribution in [1.82, 2.24) is 4.98 Å². The zero-order chi connectivity index (χ0) is 18.4. The molecule has 1 aromatic carbocycles. The molecule has 0 aliphatic rings. The Bertz CT molecular complexity index is 800. The van der Waals surface area contributed by atoms with Gasteiger partial charge in [-0.2, -0.15) is 0 Å². The largest absolute Gasteiger partial charge is 0.372 e. The number of nitrogens with one attached hydrogen (secondary N) is 1. The normalized spacial score (nSPS) is 10.8. The average molecular weight is 362 g/mol. The lowest BCUT2D eigenvalue weighted by Crippen LogP contribution is -2.21. The summed E-state index contributed by atoms with van der Waals surface area (Å²) < 4.78 is 0. The smallest absolute Gasteiger partial charge is 0.345 e. The highest BCUT2D eigenvalue weighted by Crippen LogP contribution is 2.33. The summed E-state index contributed by atoms with van der Waals surface area (Å²) in [5.74, 6) is -0.224. The number of anilines is 2. The van der Waals surface area contributed by atoms with Gasteiger partial charge in [-0.05, 0) is 43.4 Å². The summed E-state index contributed by atoms with van der Waals surface area (Å²) in [6.07, 6.45) is 1.14. The van der Waals surface area contributed by atoms with E-state index in [-0.39, 0.29) is 16.0 Å². The summed E-state index contributed by atoms with van der Waals surface area (Å²) in [5.41, 5.74) is 1.92. The molecule has 2 aromatic rings. The number of azo groups is 1. The molecule has 9 nitrogen and oxygen atoms in total. The molecule has 10 heteroatoms. The first kappa shape index (κ1) is 18.5. The molecule has 0 aliphatic carbocycles. The molecule has 0 fully saturated rings. The highest BCUT2D eigenvalue weighted by molar-refractivity contribution is 7.18. The molecule has 0 atom stereocenters. The topological polar surface area (TPSA) is 113 Å². The molecule has 0 bridgehead atoms. The standard InChI is InChI=1S/C15H18N6O3S/c1-4-20(5-2)11-6-7-12(13(8-11)17-10(3)22)18-19-15-16-9-14(25-15)21(23)24/h6-9H,4-5H2,1-3H3,(H,17,22). The molecule has 1 aromatic heterocycles. The molecule has 0 aliphatic heterocycles. The van der Waals surface area contributed by atoms with Crippen molar-refractivity contribution in [2.24, 2.45) is 10.2 Å². The minimum atomic E-state index is -0.529. The first-order chi connectivity index (χ1) is 11.9. The number of hydrogen-bond acceptors (Lipinski definition) is 8. The number of carbonyl (C=O) groups is 1. The highest BCUT2D eigenvalue weighted by Gasteiger charge is 2.12. The van der Waals surface area contributed by atoms with Crippen LogP contribution in [-0.2, 0) is 4.79 Å². The summed E-state index contributed by atoms with van der Waals surface area (Å²) in [6, 6.07) is 5.45. The van der Waals surface area contributed by atoms with E-state index in [0.717, 1.165) is 36.3 Å². The molecule has 132 valence electrons. The Hall–Kier alpha value is -2.88. The summed E-state index contributed by atoms with van der Waals surface area (Å²) in [4.78, 5) is 27.6. The molecule has 0 radical (unpaired) electrons. The number of nitro groups is 1. The lowest BCUT2D eigenvalue weighted by molar-refractivity contribution is -0.380. The van der Waals surface area contributed by atoms with Gasteiger partial charge in [0.05, 0.1) is 10.6 Å². The quantitative estimate of drug-likeness (QED) is 0.449. The molecule has 2 rings (SSSR count). The third-order valence-corrected chi connectivity index (χ3v) is 4.16. The minimum Gasteiger partial charge on any atom is -0.372 e. The molecule has 0 unspecified atom stereocenters. The maximum Gasteiger partial charge on any atom is 0.345 e. The Morgan fingerprint density at radius 3 is 2.64 bits per heavy atom. The summed E-state index contributed by atoms with van der Waals surface area (Å²) in [7, 11) is 0. The van der Waals surface area contributed by atoms with Gasteiger partial charge in [0, 0.05) is 25.7 Å². The molecule has 1 amide bonds. The maximum absolute atomic E-state index is 11.5. The number of carbonyl (C=O) groups excluding carboxylic acids is 1. The van der Waals surface area contributed by atoms with Crippen LogP contribution < -0.4 is 10.2 Å². The van der Waals surface area contributed by atoms with E-state index in [4.69, 9.17) is 0 Å². The van der Waals surface area contributed by atoms with Gasteiger partial charge in [-0.15, -0.1) is 10.2 Å². The molecule has 0 spiro atoms. The fourth-order valence-corrected chi connectivity index (χ4v) is 2.72. The molecular formula is C15H18N6O3S. The Morgan fingerprint density at radius 1 is 1.36 bits per heavy atom. The van der Waals surface area contributed by atoms with Crippen LogP contribution in [0.25, 0.3) is 0 Å². The van der Waals surface area contributed by atoms with Crippen LogP contribution in [0, 0.1) is 10.1 Å². The molecule has 1 N–H and O–H groups in total. The zero-order valence-electron chi connectivity index (χ0n) is 14.1. The van der Waals surface area contributed by atoms with Crippen LogP contribution in [-0.4, -0.2) is 28.9 Å². The van der Waals surface area contributed by atoms with Crippen LogP contribution in [0.1, 0.15) is 20.8 Å². The number of amides is 1. The van der Waals surface area contributed by atoms with Gasteiger partial charge >= 0.3 is 5.00 Å². The Morgan fingerprint density at radius 2 is 2.08 bits per heavy atom. The van der Waals surface area contributed by atoms with Gasteiger partial charge in [-0.25, -0.2) is 4.98 Å². The van der Waals surface area contributed by atoms with Gasteiger partial charge in [0.15, 0.2) is 0 Å². The van der Waals surface area contributed by atoms with Gasteiger partial charge in [0.25, 0.3) is 0 Å². The van der Waals surface area contributed by atoms with Crippen molar-refractivity contribution in [2.75, 3.05) is 23.3 Å². The van der Waals surface area contributed by atoms with E-state index in [0.29, 0.717) is 11.4 Å². The second-order valence-electron chi connectivity index (χ2n) is 4.99. The summed E-state index contributed by atoms with van der Waals surface area (Å²) in [6.45, 7) is 7.17. The van der Waals surface area contributed by atoms with Gasteiger partial charge in [0.2, 0.25) is 11.0 Å². The minimum absolute atomic E-state index is 0.104. The lowest BCUT2D eigenvalue weighted by atomic mass is 10.2. The predicted molar refractivity (Wildman–Crippen MR) is 97.3 cm³/mol. The van der Waals surface area contributed by atoms with E-state index in [9.17, 15) is 14.9 Å². The Balaban J connectivity index is 2.32. The van der Waals surface area contributed by atoms with Crippen molar-refractivity contribution in [3.05, 3.63) is 34.5 Å². The van der Waals surface area contributed by atoms with Crippen LogP contribution in [0.5, 0.6) is 0 Å². The molecule has 0 saturated heterocycles. The number of thiazole rings is 1. The highest BCUT2D eigenvalue weighted by atomic mass is 32.1. The van der Waals surface area contributed by atoms with E-state index in [1.807, 2.05) is 26.0 Å². The number of hydrogen-bond donors (Lipinski definition) is 1. The molecule has 1 heterocycles. The number of benzene rings is 1. The van der Waals surface area contributed by atoms with Gasteiger partial charge in [-0.3, -0.25) is 14.9 Å². The molecule has 25 heavy (non-hydrogen) atoms. The van der Waals surface area contributed by atoms with E-state index in [1.165, 1.54) is 6.92 Å². The molecule has 0 saturated carbocycles. The van der Waals surface area contributed by atoms with Crippen molar-refractivity contribution >= 4 is 44.4 Å². The van der Waals surface area contributed by atoms with Crippen LogP contribution in [0.15, 0.2) is 34.6 Å².